The first-order valence-electron chi connectivity index (χ1n) is 7.06. The fourth-order valence-electron chi connectivity index (χ4n) is 3.04. The minimum atomic E-state index is -0.539. The summed E-state index contributed by atoms with van der Waals surface area (Å²) in [6, 6.07) is -0.728. The van der Waals surface area contributed by atoms with Crippen molar-refractivity contribution in [3.8, 4) is 0 Å². The third-order valence-corrected chi connectivity index (χ3v) is 4.08. The van der Waals surface area contributed by atoms with Crippen molar-refractivity contribution in [2.75, 3.05) is 13.6 Å². The van der Waals surface area contributed by atoms with Crippen LogP contribution in [0, 0.1) is 17.8 Å². The number of nitrogens with zero attached hydrogens (tertiary/aromatic N) is 1. The summed E-state index contributed by atoms with van der Waals surface area (Å²) in [7, 11) is 1.68. The zero-order valence-electron chi connectivity index (χ0n) is 12.6. The van der Waals surface area contributed by atoms with Crippen LogP contribution in [0.5, 0.6) is 0 Å². The average molecular weight is 269 g/mol. The van der Waals surface area contributed by atoms with Crippen LogP contribution in [0.4, 0.5) is 0 Å². The molecule has 1 saturated heterocycles. The van der Waals surface area contributed by atoms with Gasteiger partial charge < -0.3 is 16.0 Å². The highest BCUT2D eigenvalue weighted by atomic mass is 16.2. The van der Waals surface area contributed by atoms with Crippen molar-refractivity contribution in [3.05, 3.63) is 0 Å². The fourth-order valence-corrected chi connectivity index (χ4v) is 3.04. The van der Waals surface area contributed by atoms with Gasteiger partial charge in [-0.15, -0.1) is 0 Å². The summed E-state index contributed by atoms with van der Waals surface area (Å²) in [6.07, 6.45) is 1.00. The van der Waals surface area contributed by atoms with Gasteiger partial charge in [0.2, 0.25) is 11.8 Å². The molecule has 3 unspecified atom stereocenters. The number of carbonyl (C=O) groups excluding carboxylic acids is 2. The first-order valence-corrected chi connectivity index (χ1v) is 7.06. The lowest BCUT2D eigenvalue weighted by Crippen LogP contribution is -2.54. The number of hydrogen-bond acceptors (Lipinski definition) is 3. The predicted octanol–water partition coefficient (Wildman–Crippen LogP) is 0.589. The predicted molar refractivity (Wildman–Crippen MR) is 75.3 cm³/mol. The molecule has 0 bridgehead atoms. The molecule has 1 aliphatic heterocycles. The summed E-state index contributed by atoms with van der Waals surface area (Å²) in [6.45, 7) is 8.93. The summed E-state index contributed by atoms with van der Waals surface area (Å²) >= 11 is 0. The molecular formula is C14H27N3O2. The number of hydrogen-bond donors (Lipinski definition) is 2. The maximum absolute atomic E-state index is 12.6. The molecule has 2 amide bonds. The molecule has 3 N–H and O–H groups in total. The fraction of sp³-hybridized carbons (Fsp3) is 0.857. The summed E-state index contributed by atoms with van der Waals surface area (Å²) in [4.78, 5) is 25.6. The summed E-state index contributed by atoms with van der Waals surface area (Å²) in [5.41, 5.74) is 5.42. The molecule has 0 radical (unpaired) electrons. The zero-order valence-corrected chi connectivity index (χ0v) is 12.6. The number of amides is 2. The SMILES string of the molecule is CC(C)C1CCNC1C(=O)N(C)C(C(N)=O)C(C)C. The Morgan fingerprint density at radius 1 is 1.26 bits per heavy atom. The van der Waals surface area contributed by atoms with Gasteiger partial charge in [-0.3, -0.25) is 9.59 Å². The molecule has 0 aromatic rings. The molecule has 5 heteroatoms. The van der Waals surface area contributed by atoms with E-state index in [0.717, 1.165) is 13.0 Å². The minimum absolute atomic E-state index is 0.0188. The summed E-state index contributed by atoms with van der Waals surface area (Å²) < 4.78 is 0. The molecule has 110 valence electrons. The Hall–Kier alpha value is -1.10. The third kappa shape index (κ3) is 3.47. The Morgan fingerprint density at radius 3 is 2.26 bits per heavy atom. The lowest BCUT2D eigenvalue weighted by molar-refractivity contribution is -0.141. The smallest absolute Gasteiger partial charge is 0.240 e. The Balaban J connectivity index is 2.83. The average Bonchev–Trinajstić information content (AvgIpc) is 2.75. The Morgan fingerprint density at radius 2 is 1.84 bits per heavy atom. The second-order valence-electron chi connectivity index (χ2n) is 6.17. The van der Waals surface area contributed by atoms with Crippen molar-refractivity contribution in [2.45, 2.75) is 46.2 Å². The van der Waals surface area contributed by atoms with Crippen LogP contribution in [0.2, 0.25) is 0 Å². The van der Waals surface area contributed by atoms with Gasteiger partial charge in [-0.2, -0.15) is 0 Å². The Labute approximate surface area is 115 Å². The van der Waals surface area contributed by atoms with Gasteiger partial charge in [0, 0.05) is 7.05 Å². The molecule has 3 atom stereocenters. The second kappa shape index (κ2) is 6.37. The van der Waals surface area contributed by atoms with E-state index in [4.69, 9.17) is 5.73 Å². The molecule has 5 nitrogen and oxygen atoms in total. The van der Waals surface area contributed by atoms with E-state index in [-0.39, 0.29) is 17.9 Å². The van der Waals surface area contributed by atoms with Gasteiger partial charge in [-0.25, -0.2) is 0 Å². The van der Waals surface area contributed by atoms with Crippen molar-refractivity contribution < 1.29 is 9.59 Å². The number of nitrogens with two attached hydrogens (primary N) is 1. The van der Waals surface area contributed by atoms with Crippen LogP contribution in [0.25, 0.3) is 0 Å². The van der Waals surface area contributed by atoms with E-state index < -0.39 is 11.9 Å². The van der Waals surface area contributed by atoms with Crippen LogP contribution in [-0.4, -0.2) is 42.4 Å². The second-order valence-corrected chi connectivity index (χ2v) is 6.17. The molecule has 1 fully saturated rings. The summed E-state index contributed by atoms with van der Waals surface area (Å²) in [5.74, 6) is 0.336. The molecular weight excluding hydrogens is 242 g/mol. The van der Waals surface area contributed by atoms with Crippen molar-refractivity contribution in [1.29, 1.82) is 0 Å². The lowest BCUT2D eigenvalue weighted by Gasteiger charge is -2.33. The molecule has 19 heavy (non-hydrogen) atoms. The largest absolute Gasteiger partial charge is 0.368 e. The number of primary amides is 1. The van der Waals surface area contributed by atoms with Crippen molar-refractivity contribution in [3.63, 3.8) is 0 Å². The van der Waals surface area contributed by atoms with E-state index in [2.05, 4.69) is 19.2 Å². The number of likely N-dealkylation sites (N-methyl/N-ethyl adjacent to an activating group) is 1. The molecule has 0 spiro atoms. The van der Waals surface area contributed by atoms with E-state index in [0.29, 0.717) is 11.8 Å². The van der Waals surface area contributed by atoms with Gasteiger partial charge >= 0.3 is 0 Å². The molecule has 0 saturated carbocycles. The molecule has 0 aromatic carbocycles. The van der Waals surface area contributed by atoms with Crippen LogP contribution in [-0.2, 0) is 9.59 Å². The van der Waals surface area contributed by atoms with E-state index >= 15 is 0 Å². The van der Waals surface area contributed by atoms with Gasteiger partial charge in [0.1, 0.15) is 6.04 Å². The molecule has 1 rings (SSSR count). The van der Waals surface area contributed by atoms with E-state index in [1.807, 2.05) is 13.8 Å². The van der Waals surface area contributed by atoms with Gasteiger partial charge in [0.05, 0.1) is 6.04 Å². The Bertz CT molecular complexity index is 342. The van der Waals surface area contributed by atoms with Crippen LogP contribution in [0.15, 0.2) is 0 Å². The topological polar surface area (TPSA) is 75.4 Å². The first-order chi connectivity index (χ1) is 8.77. The zero-order chi connectivity index (χ0) is 14.7. The van der Waals surface area contributed by atoms with Crippen LogP contribution in [0.1, 0.15) is 34.1 Å². The lowest BCUT2D eigenvalue weighted by atomic mass is 9.88. The monoisotopic (exact) mass is 269 g/mol. The molecule has 1 heterocycles. The minimum Gasteiger partial charge on any atom is -0.368 e. The number of rotatable bonds is 5. The van der Waals surface area contributed by atoms with Crippen molar-refractivity contribution >= 4 is 11.8 Å². The van der Waals surface area contributed by atoms with Gasteiger partial charge in [-0.05, 0) is 30.7 Å². The van der Waals surface area contributed by atoms with Crippen LogP contribution >= 0.6 is 0 Å². The van der Waals surface area contributed by atoms with Crippen LogP contribution < -0.4 is 11.1 Å². The third-order valence-electron chi connectivity index (χ3n) is 4.08. The molecule has 0 aliphatic carbocycles. The maximum Gasteiger partial charge on any atom is 0.240 e. The number of carbonyl (C=O) groups is 2. The quantitative estimate of drug-likeness (QED) is 0.767. The number of nitrogens with one attached hydrogen (secondary N) is 1. The van der Waals surface area contributed by atoms with Gasteiger partial charge in [0.15, 0.2) is 0 Å². The maximum atomic E-state index is 12.6. The van der Waals surface area contributed by atoms with Gasteiger partial charge in [-0.1, -0.05) is 27.7 Å². The highest BCUT2D eigenvalue weighted by molar-refractivity contribution is 5.89. The van der Waals surface area contributed by atoms with Crippen LogP contribution in [0.3, 0.4) is 0 Å². The molecule has 1 aliphatic rings. The normalized spacial score (nSPS) is 24.8. The van der Waals surface area contributed by atoms with E-state index in [9.17, 15) is 9.59 Å². The van der Waals surface area contributed by atoms with Crippen molar-refractivity contribution in [2.24, 2.45) is 23.5 Å². The standard InChI is InChI=1S/C14H27N3O2/c1-8(2)10-6-7-16-11(10)14(19)17(5)12(9(3)4)13(15)18/h8-12,16H,6-7H2,1-5H3,(H2,15,18). The van der Waals surface area contributed by atoms with E-state index in [1.54, 1.807) is 7.05 Å². The van der Waals surface area contributed by atoms with Gasteiger partial charge in [0.25, 0.3) is 0 Å². The first kappa shape index (κ1) is 16.0. The molecule has 0 aromatic heterocycles. The highest BCUT2D eigenvalue weighted by Crippen LogP contribution is 2.26. The van der Waals surface area contributed by atoms with Crippen molar-refractivity contribution in [1.82, 2.24) is 10.2 Å². The summed E-state index contributed by atoms with van der Waals surface area (Å²) in [5, 5.41) is 3.26. The van der Waals surface area contributed by atoms with E-state index in [1.165, 1.54) is 4.90 Å². The highest BCUT2D eigenvalue weighted by Gasteiger charge is 2.39. The Kier molecular flexibility index (Phi) is 5.35.